The van der Waals surface area contributed by atoms with Gasteiger partial charge in [-0.05, 0) is 37.7 Å². The second-order valence-electron chi connectivity index (χ2n) is 6.79. The molecule has 2 aromatic heterocycles. The highest BCUT2D eigenvalue weighted by Crippen LogP contribution is 2.33. The van der Waals surface area contributed by atoms with Crippen LogP contribution in [0, 0.1) is 5.41 Å². The Morgan fingerprint density at radius 1 is 1.38 bits per heavy atom. The molecule has 1 amide bonds. The van der Waals surface area contributed by atoms with Gasteiger partial charge in [0.2, 0.25) is 0 Å². The third kappa shape index (κ3) is 4.24. The molecule has 0 spiro atoms. The number of pyridine rings is 1. The first-order chi connectivity index (χ1) is 13.8. The zero-order valence-corrected chi connectivity index (χ0v) is 17.1. The van der Waals surface area contributed by atoms with Gasteiger partial charge in [-0.3, -0.25) is 15.3 Å². The number of amidine groups is 1. The zero-order chi connectivity index (χ0) is 21.1. The maximum Gasteiger partial charge on any atom is 0.412 e. The number of rotatable bonds is 4. The quantitative estimate of drug-likeness (QED) is 0.337. The summed E-state index contributed by atoms with van der Waals surface area (Å²) in [6.45, 7) is 4.12. The highest BCUT2D eigenvalue weighted by atomic mass is 32.1. The van der Waals surface area contributed by atoms with Gasteiger partial charge in [0.1, 0.15) is 5.84 Å². The molecular weight excluding hydrogens is 392 g/mol. The molecule has 0 saturated carbocycles. The third-order valence-electron chi connectivity index (χ3n) is 4.57. The van der Waals surface area contributed by atoms with Crippen molar-refractivity contribution in [3.05, 3.63) is 36.4 Å². The molecule has 0 bridgehead atoms. The SMILES string of the molecule is CC(C)N1c2cnccc2CC1C(=N)NC(=S)Nc1nccnc1N(C)C(=O)O. The van der Waals surface area contributed by atoms with Gasteiger partial charge in [0, 0.05) is 38.1 Å². The molecule has 3 rings (SSSR count). The number of carboxylic acid groups (broad SMARTS) is 1. The summed E-state index contributed by atoms with van der Waals surface area (Å²) in [6.07, 6.45) is 5.87. The molecule has 1 unspecified atom stereocenters. The van der Waals surface area contributed by atoms with E-state index in [0.29, 0.717) is 6.42 Å². The highest BCUT2D eigenvalue weighted by Gasteiger charge is 2.34. The first kappa shape index (κ1) is 20.4. The molecule has 3 heterocycles. The Balaban J connectivity index is 1.72. The van der Waals surface area contributed by atoms with Gasteiger partial charge in [0.15, 0.2) is 16.7 Å². The first-order valence-corrected chi connectivity index (χ1v) is 9.35. The van der Waals surface area contributed by atoms with E-state index < -0.39 is 6.09 Å². The summed E-state index contributed by atoms with van der Waals surface area (Å²) in [5.41, 5.74) is 2.14. The molecule has 2 aromatic rings. The fourth-order valence-electron chi connectivity index (χ4n) is 3.27. The lowest BCUT2D eigenvalue weighted by Gasteiger charge is -2.31. The van der Waals surface area contributed by atoms with E-state index in [2.05, 4.69) is 44.3 Å². The number of amides is 1. The van der Waals surface area contributed by atoms with Gasteiger partial charge in [-0.15, -0.1) is 0 Å². The molecule has 29 heavy (non-hydrogen) atoms. The van der Waals surface area contributed by atoms with Crippen molar-refractivity contribution in [1.29, 1.82) is 5.41 Å². The number of hydrogen-bond acceptors (Lipinski definition) is 7. The smallest absolute Gasteiger partial charge is 0.412 e. The van der Waals surface area contributed by atoms with Gasteiger partial charge in [0.25, 0.3) is 0 Å². The van der Waals surface area contributed by atoms with Gasteiger partial charge in [-0.1, -0.05) is 0 Å². The minimum absolute atomic E-state index is 0.110. The molecule has 0 saturated heterocycles. The van der Waals surface area contributed by atoms with Crippen LogP contribution in [0.3, 0.4) is 0 Å². The summed E-state index contributed by atoms with van der Waals surface area (Å²) in [5.74, 6) is 0.519. The average Bonchev–Trinajstić information content (AvgIpc) is 3.07. The van der Waals surface area contributed by atoms with Crippen molar-refractivity contribution in [3.8, 4) is 0 Å². The lowest BCUT2D eigenvalue weighted by Crippen LogP contribution is -2.50. The predicted octanol–water partition coefficient (Wildman–Crippen LogP) is 2.09. The lowest BCUT2D eigenvalue weighted by molar-refractivity contribution is 0.203. The number of thiocarbonyl (C=S) groups is 1. The fourth-order valence-corrected chi connectivity index (χ4v) is 3.48. The highest BCUT2D eigenvalue weighted by molar-refractivity contribution is 7.80. The number of aromatic nitrogens is 3. The van der Waals surface area contributed by atoms with E-state index in [1.807, 2.05) is 12.3 Å². The monoisotopic (exact) mass is 414 g/mol. The van der Waals surface area contributed by atoms with Crippen LogP contribution in [0.25, 0.3) is 0 Å². The Bertz CT molecular complexity index is 951. The topological polar surface area (TPSA) is 130 Å². The van der Waals surface area contributed by atoms with Crippen molar-refractivity contribution in [1.82, 2.24) is 20.3 Å². The first-order valence-electron chi connectivity index (χ1n) is 8.95. The second kappa shape index (κ2) is 8.35. The van der Waals surface area contributed by atoms with E-state index in [1.54, 1.807) is 6.20 Å². The van der Waals surface area contributed by atoms with E-state index >= 15 is 0 Å². The molecule has 0 radical (unpaired) electrons. The number of nitrogens with one attached hydrogen (secondary N) is 3. The van der Waals surface area contributed by atoms with Crippen LogP contribution in [-0.4, -0.2) is 56.2 Å². The molecule has 1 aliphatic rings. The summed E-state index contributed by atoms with van der Waals surface area (Å²) in [7, 11) is 1.36. The van der Waals surface area contributed by atoms with Crippen molar-refractivity contribution in [2.75, 3.05) is 22.2 Å². The lowest BCUT2D eigenvalue weighted by atomic mass is 10.1. The van der Waals surface area contributed by atoms with Crippen LogP contribution >= 0.6 is 12.2 Å². The van der Waals surface area contributed by atoms with Gasteiger partial charge >= 0.3 is 6.09 Å². The molecule has 10 nitrogen and oxygen atoms in total. The normalized spacial score (nSPS) is 15.0. The maximum absolute atomic E-state index is 11.2. The Morgan fingerprint density at radius 3 is 2.79 bits per heavy atom. The fraction of sp³-hybridized carbons (Fsp3) is 0.333. The molecule has 0 fully saturated rings. The van der Waals surface area contributed by atoms with Crippen LogP contribution in [0.1, 0.15) is 19.4 Å². The maximum atomic E-state index is 11.2. The van der Waals surface area contributed by atoms with Crippen molar-refractivity contribution in [3.63, 3.8) is 0 Å². The molecule has 4 N–H and O–H groups in total. The van der Waals surface area contributed by atoms with Crippen LogP contribution in [-0.2, 0) is 6.42 Å². The van der Waals surface area contributed by atoms with Crippen molar-refractivity contribution >= 4 is 46.6 Å². The van der Waals surface area contributed by atoms with Crippen LogP contribution in [0.15, 0.2) is 30.9 Å². The van der Waals surface area contributed by atoms with Gasteiger partial charge in [-0.25, -0.2) is 14.8 Å². The van der Waals surface area contributed by atoms with E-state index in [9.17, 15) is 9.90 Å². The molecule has 1 atom stereocenters. The minimum Gasteiger partial charge on any atom is -0.465 e. The number of hydrogen-bond donors (Lipinski definition) is 4. The summed E-state index contributed by atoms with van der Waals surface area (Å²) < 4.78 is 0. The van der Waals surface area contributed by atoms with Gasteiger partial charge < -0.3 is 20.6 Å². The largest absolute Gasteiger partial charge is 0.465 e. The van der Waals surface area contributed by atoms with Gasteiger partial charge in [0.05, 0.1) is 17.9 Å². The molecule has 1 aliphatic heterocycles. The van der Waals surface area contributed by atoms with Crippen molar-refractivity contribution in [2.45, 2.75) is 32.4 Å². The van der Waals surface area contributed by atoms with Crippen LogP contribution < -0.4 is 20.4 Å². The Kier molecular flexibility index (Phi) is 5.87. The van der Waals surface area contributed by atoms with E-state index in [0.717, 1.165) is 16.2 Å². The molecular formula is C18H22N8O2S. The van der Waals surface area contributed by atoms with Crippen LogP contribution in [0.4, 0.5) is 22.1 Å². The minimum atomic E-state index is -1.18. The second-order valence-corrected chi connectivity index (χ2v) is 7.20. The zero-order valence-electron chi connectivity index (χ0n) is 16.2. The number of anilines is 3. The van der Waals surface area contributed by atoms with Gasteiger partial charge in [-0.2, -0.15) is 0 Å². The number of fused-ring (bicyclic) bond motifs is 1. The summed E-state index contributed by atoms with van der Waals surface area (Å²) in [5, 5.41) is 23.6. The van der Waals surface area contributed by atoms with Crippen molar-refractivity contribution in [2.24, 2.45) is 0 Å². The average molecular weight is 414 g/mol. The van der Waals surface area contributed by atoms with Crippen LogP contribution in [0.2, 0.25) is 0 Å². The summed E-state index contributed by atoms with van der Waals surface area (Å²) in [4.78, 5) is 26.6. The molecule has 0 aromatic carbocycles. The van der Waals surface area contributed by atoms with E-state index in [4.69, 9.17) is 17.6 Å². The van der Waals surface area contributed by atoms with E-state index in [1.165, 1.54) is 19.4 Å². The Labute approximate surface area is 173 Å². The molecule has 0 aliphatic carbocycles. The third-order valence-corrected chi connectivity index (χ3v) is 4.77. The molecule has 152 valence electrons. The molecule has 11 heteroatoms. The number of nitrogens with zero attached hydrogens (tertiary/aromatic N) is 5. The predicted molar refractivity (Wildman–Crippen MR) is 115 cm³/mol. The number of carbonyl (C=O) groups is 1. The van der Waals surface area contributed by atoms with Crippen LogP contribution in [0.5, 0.6) is 0 Å². The van der Waals surface area contributed by atoms with E-state index in [-0.39, 0.29) is 34.7 Å². The summed E-state index contributed by atoms with van der Waals surface area (Å²) in [6, 6.07) is 1.92. The Morgan fingerprint density at radius 2 is 2.10 bits per heavy atom. The van der Waals surface area contributed by atoms with Crippen molar-refractivity contribution < 1.29 is 9.90 Å². The summed E-state index contributed by atoms with van der Waals surface area (Å²) >= 11 is 5.32. The standard InChI is InChI=1S/C18H22N8O2S/c1-10(2)26-12(8-11-4-5-20-9-13(11)26)14(19)23-17(29)24-15-16(22-7-6-21-15)25(3)18(27)28/h4-7,9-10,12H,8H2,1-3H3,(H,27,28)(H3,19,21,23,24,29). The Hall–Kier alpha value is -3.34.